The van der Waals surface area contributed by atoms with Crippen molar-refractivity contribution in [3.63, 3.8) is 0 Å². The van der Waals surface area contributed by atoms with Crippen molar-refractivity contribution in [1.82, 2.24) is 10.6 Å². The van der Waals surface area contributed by atoms with Gasteiger partial charge in [0.25, 0.3) is 11.8 Å². The molecule has 1 aliphatic carbocycles. The van der Waals surface area contributed by atoms with Gasteiger partial charge in [0.15, 0.2) is 6.61 Å². The molecule has 0 aromatic heterocycles. The van der Waals surface area contributed by atoms with Crippen LogP contribution in [0.1, 0.15) is 44.0 Å². The van der Waals surface area contributed by atoms with Gasteiger partial charge in [-0.3, -0.25) is 9.59 Å². The Balaban J connectivity index is 1.85. The number of amides is 2. The predicted molar refractivity (Wildman–Crippen MR) is 97.8 cm³/mol. The standard InChI is InChI=1S/C20H24N2O3/c1-20(2,3)22-19(24)16-10-13-6-4-5-7-14(13)11-17(16)25-12-18(23)21-15-8-9-15/h4-7,10-11,15H,8-9,12H2,1-3H3,(H,21,23)(H,22,24). The molecule has 25 heavy (non-hydrogen) atoms. The maximum absolute atomic E-state index is 12.7. The quantitative estimate of drug-likeness (QED) is 0.879. The number of nitrogens with one attached hydrogen (secondary N) is 2. The van der Waals surface area contributed by atoms with Crippen LogP contribution in [0.15, 0.2) is 36.4 Å². The van der Waals surface area contributed by atoms with E-state index < -0.39 is 0 Å². The van der Waals surface area contributed by atoms with Gasteiger partial charge in [0.05, 0.1) is 5.56 Å². The number of carbonyl (C=O) groups is 2. The Labute approximate surface area is 147 Å². The molecule has 0 spiro atoms. The van der Waals surface area contributed by atoms with Crippen LogP contribution in [-0.4, -0.2) is 30.0 Å². The van der Waals surface area contributed by atoms with Crippen molar-refractivity contribution in [1.29, 1.82) is 0 Å². The number of hydrogen-bond acceptors (Lipinski definition) is 3. The minimum Gasteiger partial charge on any atom is -0.483 e. The van der Waals surface area contributed by atoms with Gasteiger partial charge in [0, 0.05) is 11.6 Å². The second kappa shape index (κ2) is 6.75. The molecule has 2 aromatic rings. The minimum absolute atomic E-state index is 0.0926. The zero-order valence-electron chi connectivity index (χ0n) is 14.9. The van der Waals surface area contributed by atoms with Crippen LogP contribution in [0.3, 0.4) is 0 Å². The van der Waals surface area contributed by atoms with E-state index in [-0.39, 0.29) is 30.0 Å². The van der Waals surface area contributed by atoms with Crippen LogP contribution in [-0.2, 0) is 4.79 Å². The highest BCUT2D eigenvalue weighted by atomic mass is 16.5. The molecule has 2 aromatic carbocycles. The first kappa shape index (κ1) is 17.3. The first-order valence-electron chi connectivity index (χ1n) is 8.59. The van der Waals surface area contributed by atoms with E-state index in [1.165, 1.54) is 0 Å². The predicted octanol–water partition coefficient (Wildman–Crippen LogP) is 3.03. The van der Waals surface area contributed by atoms with E-state index in [2.05, 4.69) is 10.6 Å². The van der Waals surface area contributed by atoms with Gasteiger partial charge >= 0.3 is 0 Å². The van der Waals surface area contributed by atoms with Crippen molar-refractivity contribution in [2.45, 2.75) is 45.2 Å². The van der Waals surface area contributed by atoms with Gasteiger partial charge in [0.1, 0.15) is 5.75 Å². The number of carbonyl (C=O) groups excluding carboxylic acids is 2. The largest absolute Gasteiger partial charge is 0.483 e. The highest BCUT2D eigenvalue weighted by molar-refractivity contribution is 6.02. The topological polar surface area (TPSA) is 67.4 Å². The van der Waals surface area contributed by atoms with Gasteiger partial charge in [-0.15, -0.1) is 0 Å². The molecule has 1 saturated carbocycles. The molecule has 1 fully saturated rings. The smallest absolute Gasteiger partial charge is 0.258 e. The van der Waals surface area contributed by atoms with Crippen molar-refractivity contribution in [2.75, 3.05) is 6.61 Å². The molecule has 2 amide bonds. The van der Waals surface area contributed by atoms with Crippen LogP contribution in [0.4, 0.5) is 0 Å². The van der Waals surface area contributed by atoms with Crippen molar-refractivity contribution in [3.05, 3.63) is 42.0 Å². The fraction of sp³-hybridized carbons (Fsp3) is 0.400. The zero-order valence-corrected chi connectivity index (χ0v) is 14.9. The second-order valence-electron chi connectivity index (χ2n) is 7.53. The number of benzene rings is 2. The average molecular weight is 340 g/mol. The molecule has 0 heterocycles. The lowest BCUT2D eigenvalue weighted by Gasteiger charge is -2.22. The van der Waals surface area contributed by atoms with E-state index in [0.29, 0.717) is 11.3 Å². The monoisotopic (exact) mass is 340 g/mol. The zero-order chi connectivity index (χ0) is 18.0. The molecule has 5 heteroatoms. The molecular formula is C20H24N2O3. The normalized spacial score (nSPS) is 14.2. The lowest BCUT2D eigenvalue weighted by Crippen LogP contribution is -2.40. The number of fused-ring (bicyclic) bond motifs is 1. The summed E-state index contributed by atoms with van der Waals surface area (Å²) in [6, 6.07) is 11.7. The van der Waals surface area contributed by atoms with Crippen molar-refractivity contribution < 1.29 is 14.3 Å². The third-order valence-electron chi connectivity index (χ3n) is 3.88. The molecular weight excluding hydrogens is 316 g/mol. The summed E-state index contributed by atoms with van der Waals surface area (Å²) < 4.78 is 5.70. The average Bonchev–Trinajstić information content (AvgIpc) is 3.34. The lowest BCUT2D eigenvalue weighted by atomic mass is 10.0. The van der Waals surface area contributed by atoms with E-state index in [1.54, 1.807) is 0 Å². The molecule has 5 nitrogen and oxygen atoms in total. The summed E-state index contributed by atoms with van der Waals surface area (Å²) in [4.78, 5) is 24.6. The first-order chi connectivity index (χ1) is 11.8. The summed E-state index contributed by atoms with van der Waals surface area (Å²) >= 11 is 0. The van der Waals surface area contributed by atoms with Gasteiger partial charge in [-0.2, -0.15) is 0 Å². The Kier molecular flexibility index (Phi) is 4.66. The summed E-state index contributed by atoms with van der Waals surface area (Å²) in [6.07, 6.45) is 2.06. The van der Waals surface area contributed by atoms with Gasteiger partial charge in [-0.1, -0.05) is 24.3 Å². The summed E-state index contributed by atoms with van der Waals surface area (Å²) in [5, 5.41) is 7.75. The molecule has 0 unspecified atom stereocenters. The van der Waals surface area contributed by atoms with E-state index in [0.717, 1.165) is 23.6 Å². The summed E-state index contributed by atoms with van der Waals surface area (Å²) in [6.45, 7) is 5.69. The molecule has 0 bridgehead atoms. The molecule has 0 aliphatic heterocycles. The number of rotatable bonds is 5. The highest BCUT2D eigenvalue weighted by Crippen LogP contribution is 2.27. The van der Waals surface area contributed by atoms with Crippen molar-refractivity contribution in [3.8, 4) is 5.75 Å². The van der Waals surface area contributed by atoms with Crippen LogP contribution >= 0.6 is 0 Å². The van der Waals surface area contributed by atoms with Crippen LogP contribution < -0.4 is 15.4 Å². The SMILES string of the molecule is CC(C)(C)NC(=O)c1cc2ccccc2cc1OCC(=O)NC1CC1. The van der Waals surface area contributed by atoms with Crippen LogP contribution in [0.25, 0.3) is 10.8 Å². The van der Waals surface area contributed by atoms with Gasteiger partial charge < -0.3 is 15.4 Å². The molecule has 0 atom stereocenters. The van der Waals surface area contributed by atoms with Crippen LogP contribution in [0.5, 0.6) is 5.75 Å². The number of hydrogen-bond donors (Lipinski definition) is 2. The van der Waals surface area contributed by atoms with Gasteiger partial charge in [0.2, 0.25) is 0 Å². The molecule has 132 valence electrons. The van der Waals surface area contributed by atoms with Crippen LogP contribution in [0, 0.1) is 0 Å². The van der Waals surface area contributed by atoms with E-state index in [1.807, 2.05) is 57.2 Å². The third-order valence-corrected chi connectivity index (χ3v) is 3.88. The van der Waals surface area contributed by atoms with Gasteiger partial charge in [-0.25, -0.2) is 0 Å². The summed E-state index contributed by atoms with van der Waals surface area (Å²) in [5.74, 6) is 0.0556. The molecule has 1 aliphatic rings. The maximum Gasteiger partial charge on any atom is 0.258 e. The summed E-state index contributed by atoms with van der Waals surface area (Å²) in [7, 11) is 0. The van der Waals surface area contributed by atoms with E-state index >= 15 is 0 Å². The lowest BCUT2D eigenvalue weighted by molar-refractivity contribution is -0.123. The molecule has 0 saturated heterocycles. The number of ether oxygens (including phenoxy) is 1. The highest BCUT2D eigenvalue weighted by Gasteiger charge is 2.24. The van der Waals surface area contributed by atoms with E-state index in [4.69, 9.17) is 4.74 Å². The molecule has 0 radical (unpaired) electrons. The van der Waals surface area contributed by atoms with Gasteiger partial charge in [-0.05, 0) is 56.5 Å². The Morgan fingerprint density at radius 3 is 2.36 bits per heavy atom. The fourth-order valence-electron chi connectivity index (χ4n) is 2.56. The third kappa shape index (κ3) is 4.72. The Bertz CT molecular complexity index is 804. The fourth-order valence-corrected chi connectivity index (χ4v) is 2.56. The van der Waals surface area contributed by atoms with Crippen molar-refractivity contribution in [2.24, 2.45) is 0 Å². The second-order valence-corrected chi connectivity index (χ2v) is 7.53. The minimum atomic E-state index is -0.358. The Morgan fingerprint density at radius 1 is 1.12 bits per heavy atom. The van der Waals surface area contributed by atoms with Crippen LogP contribution in [0.2, 0.25) is 0 Å². The summed E-state index contributed by atoms with van der Waals surface area (Å²) in [5.41, 5.74) is 0.0800. The maximum atomic E-state index is 12.7. The first-order valence-corrected chi connectivity index (χ1v) is 8.59. The van der Waals surface area contributed by atoms with E-state index in [9.17, 15) is 9.59 Å². The molecule has 3 rings (SSSR count). The molecule has 2 N–H and O–H groups in total. The van der Waals surface area contributed by atoms with Crippen molar-refractivity contribution >= 4 is 22.6 Å². The Hall–Kier alpha value is -2.56. The Morgan fingerprint density at radius 2 is 1.76 bits per heavy atom.